The Morgan fingerprint density at radius 3 is 2.50 bits per heavy atom. The molecule has 1 rings (SSSR count). The van der Waals surface area contributed by atoms with Crippen LogP contribution in [-0.4, -0.2) is 23.0 Å². The van der Waals surface area contributed by atoms with Crippen LogP contribution in [0.4, 0.5) is 10.1 Å². The number of aromatic carboxylic acids is 1. The first-order valence-electron chi connectivity index (χ1n) is 5.42. The summed E-state index contributed by atoms with van der Waals surface area (Å²) in [5, 5.41) is 11.2. The lowest BCUT2D eigenvalue weighted by molar-refractivity contribution is -0.118. The van der Waals surface area contributed by atoms with E-state index in [-0.39, 0.29) is 17.2 Å². The summed E-state index contributed by atoms with van der Waals surface area (Å²) >= 11 is 0. The molecule has 0 saturated heterocycles. The molecule has 0 spiro atoms. The molecule has 0 bridgehead atoms. The van der Waals surface area contributed by atoms with Crippen LogP contribution >= 0.6 is 0 Å². The number of benzene rings is 1. The summed E-state index contributed by atoms with van der Waals surface area (Å²) < 4.78 is 13.0. The fourth-order valence-corrected chi connectivity index (χ4v) is 1.33. The van der Waals surface area contributed by atoms with Gasteiger partial charge in [-0.1, -0.05) is 13.8 Å². The molecule has 0 saturated carbocycles. The van der Waals surface area contributed by atoms with E-state index in [0.717, 1.165) is 18.2 Å². The van der Waals surface area contributed by atoms with Crippen molar-refractivity contribution in [2.24, 2.45) is 11.7 Å². The molecule has 1 aromatic rings. The highest BCUT2D eigenvalue weighted by Crippen LogP contribution is 2.18. The van der Waals surface area contributed by atoms with Crippen molar-refractivity contribution >= 4 is 17.6 Å². The van der Waals surface area contributed by atoms with Crippen molar-refractivity contribution in [3.8, 4) is 0 Å². The summed E-state index contributed by atoms with van der Waals surface area (Å²) in [5.74, 6) is -2.53. The zero-order valence-electron chi connectivity index (χ0n) is 10.1. The van der Waals surface area contributed by atoms with Gasteiger partial charge in [-0.2, -0.15) is 0 Å². The van der Waals surface area contributed by atoms with E-state index in [0.29, 0.717) is 0 Å². The largest absolute Gasteiger partial charge is 0.478 e. The zero-order valence-corrected chi connectivity index (χ0v) is 10.1. The number of carboxylic acid groups (broad SMARTS) is 1. The fraction of sp³-hybridized carbons (Fsp3) is 0.333. The highest BCUT2D eigenvalue weighted by Gasteiger charge is 2.20. The van der Waals surface area contributed by atoms with E-state index in [1.54, 1.807) is 13.8 Å². The summed E-state index contributed by atoms with van der Waals surface area (Å²) in [6.07, 6.45) is 0. The molecular formula is C12H15FN2O3. The standard InChI is InChI=1S/C12H15FN2O3/c1-6(2)10(14)11(16)15-9-5-7(13)3-4-8(9)12(17)18/h3-6,10H,14H2,1-2H3,(H,15,16)(H,17,18)/t10-/m1/s1. The molecule has 1 amide bonds. The van der Waals surface area contributed by atoms with Gasteiger partial charge in [0.25, 0.3) is 0 Å². The molecule has 0 aromatic heterocycles. The molecule has 0 heterocycles. The molecule has 98 valence electrons. The van der Waals surface area contributed by atoms with Crippen LogP contribution in [0.15, 0.2) is 18.2 Å². The molecule has 4 N–H and O–H groups in total. The molecule has 0 aliphatic carbocycles. The smallest absolute Gasteiger partial charge is 0.337 e. The van der Waals surface area contributed by atoms with Crippen LogP contribution in [0.5, 0.6) is 0 Å². The topological polar surface area (TPSA) is 92.4 Å². The summed E-state index contributed by atoms with van der Waals surface area (Å²) in [6.45, 7) is 3.52. The Morgan fingerprint density at radius 2 is 2.00 bits per heavy atom. The van der Waals surface area contributed by atoms with E-state index >= 15 is 0 Å². The SMILES string of the molecule is CC(C)[C@@H](N)C(=O)Nc1cc(F)ccc1C(=O)O. The van der Waals surface area contributed by atoms with Gasteiger partial charge < -0.3 is 16.2 Å². The number of carbonyl (C=O) groups is 2. The molecule has 1 aromatic carbocycles. The lowest BCUT2D eigenvalue weighted by atomic mass is 10.0. The normalized spacial score (nSPS) is 12.3. The third-order valence-electron chi connectivity index (χ3n) is 2.49. The maximum Gasteiger partial charge on any atom is 0.337 e. The summed E-state index contributed by atoms with van der Waals surface area (Å²) in [7, 11) is 0. The number of hydrogen-bond acceptors (Lipinski definition) is 3. The number of nitrogens with two attached hydrogens (primary N) is 1. The Morgan fingerprint density at radius 1 is 1.39 bits per heavy atom. The number of nitrogens with one attached hydrogen (secondary N) is 1. The molecule has 0 fully saturated rings. The maximum atomic E-state index is 13.0. The van der Waals surface area contributed by atoms with E-state index in [9.17, 15) is 14.0 Å². The first-order chi connectivity index (χ1) is 8.32. The van der Waals surface area contributed by atoms with Crippen LogP contribution in [0.2, 0.25) is 0 Å². The van der Waals surface area contributed by atoms with E-state index in [4.69, 9.17) is 10.8 Å². The third kappa shape index (κ3) is 3.27. The van der Waals surface area contributed by atoms with Gasteiger partial charge in [0.05, 0.1) is 17.3 Å². The third-order valence-corrected chi connectivity index (χ3v) is 2.49. The van der Waals surface area contributed by atoms with Crippen molar-refractivity contribution < 1.29 is 19.1 Å². The van der Waals surface area contributed by atoms with Gasteiger partial charge >= 0.3 is 5.97 Å². The van der Waals surface area contributed by atoms with Crippen LogP contribution in [0.25, 0.3) is 0 Å². The number of halogens is 1. The Hall–Kier alpha value is -1.95. The van der Waals surface area contributed by atoms with E-state index < -0.39 is 23.7 Å². The fourth-order valence-electron chi connectivity index (χ4n) is 1.33. The van der Waals surface area contributed by atoms with Crippen LogP contribution in [0.3, 0.4) is 0 Å². The van der Waals surface area contributed by atoms with Gasteiger partial charge in [-0.25, -0.2) is 9.18 Å². The minimum Gasteiger partial charge on any atom is -0.478 e. The second-order valence-corrected chi connectivity index (χ2v) is 4.25. The molecule has 0 unspecified atom stereocenters. The molecular weight excluding hydrogens is 239 g/mol. The highest BCUT2D eigenvalue weighted by atomic mass is 19.1. The van der Waals surface area contributed by atoms with Crippen LogP contribution in [0.1, 0.15) is 24.2 Å². The molecule has 5 nitrogen and oxygen atoms in total. The first kappa shape index (κ1) is 14.1. The van der Waals surface area contributed by atoms with Crippen molar-refractivity contribution in [3.05, 3.63) is 29.6 Å². The number of anilines is 1. The molecule has 0 radical (unpaired) electrons. The minimum atomic E-state index is -1.25. The molecule has 6 heteroatoms. The Balaban J connectivity index is 2.99. The van der Waals surface area contributed by atoms with Gasteiger partial charge in [0.1, 0.15) is 5.82 Å². The number of amides is 1. The number of carbonyl (C=O) groups excluding carboxylic acids is 1. The van der Waals surface area contributed by atoms with E-state index in [1.165, 1.54) is 0 Å². The maximum absolute atomic E-state index is 13.0. The predicted octanol–water partition coefficient (Wildman–Crippen LogP) is 1.45. The minimum absolute atomic E-state index is 0.0939. The molecule has 0 aliphatic heterocycles. The van der Waals surface area contributed by atoms with Gasteiger partial charge in [0.2, 0.25) is 5.91 Å². The van der Waals surface area contributed by atoms with Crippen molar-refractivity contribution in [2.75, 3.05) is 5.32 Å². The Bertz CT molecular complexity index is 474. The average molecular weight is 254 g/mol. The number of carboxylic acids is 1. The second-order valence-electron chi connectivity index (χ2n) is 4.25. The first-order valence-corrected chi connectivity index (χ1v) is 5.42. The van der Waals surface area contributed by atoms with Crippen molar-refractivity contribution in [1.82, 2.24) is 0 Å². The molecule has 0 aliphatic rings. The Labute approximate surface area is 104 Å². The number of rotatable bonds is 4. The predicted molar refractivity (Wildman–Crippen MR) is 64.8 cm³/mol. The second kappa shape index (κ2) is 5.59. The number of hydrogen-bond donors (Lipinski definition) is 3. The highest BCUT2D eigenvalue weighted by molar-refractivity contribution is 6.02. The summed E-state index contributed by atoms with van der Waals surface area (Å²) in [5.41, 5.74) is 5.35. The van der Waals surface area contributed by atoms with Gasteiger partial charge in [0, 0.05) is 0 Å². The quantitative estimate of drug-likeness (QED) is 0.758. The monoisotopic (exact) mass is 254 g/mol. The van der Waals surface area contributed by atoms with Gasteiger partial charge in [-0.05, 0) is 24.1 Å². The van der Waals surface area contributed by atoms with Crippen molar-refractivity contribution in [1.29, 1.82) is 0 Å². The summed E-state index contributed by atoms with van der Waals surface area (Å²) in [6, 6.07) is 2.28. The van der Waals surface area contributed by atoms with Crippen LogP contribution in [-0.2, 0) is 4.79 Å². The summed E-state index contributed by atoms with van der Waals surface area (Å²) in [4.78, 5) is 22.6. The van der Waals surface area contributed by atoms with Gasteiger partial charge in [-0.3, -0.25) is 4.79 Å². The van der Waals surface area contributed by atoms with Crippen molar-refractivity contribution in [2.45, 2.75) is 19.9 Å². The molecule has 18 heavy (non-hydrogen) atoms. The Kier molecular flexibility index (Phi) is 4.38. The van der Waals surface area contributed by atoms with Crippen LogP contribution in [0, 0.1) is 11.7 Å². The molecule has 1 atom stereocenters. The zero-order chi connectivity index (χ0) is 13.9. The lowest BCUT2D eigenvalue weighted by Gasteiger charge is -2.16. The van der Waals surface area contributed by atoms with Crippen LogP contribution < -0.4 is 11.1 Å². The van der Waals surface area contributed by atoms with Gasteiger partial charge in [0.15, 0.2) is 0 Å². The lowest BCUT2D eigenvalue weighted by Crippen LogP contribution is -2.40. The van der Waals surface area contributed by atoms with E-state index in [1.807, 2.05) is 0 Å². The van der Waals surface area contributed by atoms with Crippen molar-refractivity contribution in [3.63, 3.8) is 0 Å². The average Bonchev–Trinajstić information content (AvgIpc) is 2.27. The van der Waals surface area contributed by atoms with Gasteiger partial charge in [-0.15, -0.1) is 0 Å². The van der Waals surface area contributed by atoms with E-state index in [2.05, 4.69) is 5.32 Å².